The van der Waals surface area contributed by atoms with Gasteiger partial charge in [-0.05, 0) is 37.3 Å². The quantitative estimate of drug-likeness (QED) is 0.593. The van der Waals surface area contributed by atoms with Gasteiger partial charge in [0.05, 0.1) is 16.3 Å². The van der Waals surface area contributed by atoms with E-state index in [0.29, 0.717) is 11.4 Å². The van der Waals surface area contributed by atoms with Crippen molar-refractivity contribution < 1.29 is 8.42 Å². The van der Waals surface area contributed by atoms with E-state index in [9.17, 15) is 8.42 Å². The number of sulfonamides is 1. The molecule has 26 heavy (non-hydrogen) atoms. The average Bonchev–Trinajstić information content (AvgIpc) is 3.06. The van der Waals surface area contributed by atoms with Gasteiger partial charge < -0.3 is 4.40 Å². The lowest BCUT2D eigenvalue weighted by Crippen LogP contribution is -2.13. The zero-order valence-electron chi connectivity index (χ0n) is 14.1. The number of hydrogen-bond donors (Lipinski definition) is 1. The molecule has 6 heteroatoms. The minimum Gasteiger partial charge on any atom is -0.306 e. The lowest BCUT2D eigenvalue weighted by Gasteiger charge is -2.11. The van der Waals surface area contributed by atoms with Gasteiger partial charge in [0.25, 0.3) is 10.0 Å². The normalized spacial score (nSPS) is 11.6. The first-order chi connectivity index (χ1) is 12.5. The van der Waals surface area contributed by atoms with Gasteiger partial charge in [-0.15, -0.1) is 0 Å². The number of imidazole rings is 1. The number of para-hydroxylation sites is 1. The van der Waals surface area contributed by atoms with Gasteiger partial charge in [0.15, 0.2) is 0 Å². The van der Waals surface area contributed by atoms with Crippen LogP contribution in [0.15, 0.2) is 84.0 Å². The molecular formula is C20H17N3O2S. The van der Waals surface area contributed by atoms with Crippen LogP contribution in [0.1, 0.15) is 5.56 Å². The summed E-state index contributed by atoms with van der Waals surface area (Å²) in [5, 5.41) is 0. The van der Waals surface area contributed by atoms with Crippen LogP contribution in [0.2, 0.25) is 0 Å². The molecule has 0 unspecified atom stereocenters. The summed E-state index contributed by atoms with van der Waals surface area (Å²) in [5.74, 6) is 0. The standard InChI is InChI=1S/C20H17N3O2S/c1-15-9-11-16(12-10-15)26(24,25)22-18-7-3-2-6-17(18)19-14-23-13-5-4-8-20(23)21-19/h2-14,22H,1H3. The molecule has 0 aliphatic rings. The number of rotatable bonds is 4. The number of pyridine rings is 1. The number of nitrogens with one attached hydrogen (secondary N) is 1. The molecule has 0 atom stereocenters. The molecule has 4 aromatic rings. The van der Waals surface area contributed by atoms with Crippen LogP contribution in [0.5, 0.6) is 0 Å². The van der Waals surface area contributed by atoms with Crippen LogP contribution in [0, 0.1) is 6.92 Å². The Morgan fingerprint density at radius 1 is 0.923 bits per heavy atom. The molecule has 5 nitrogen and oxygen atoms in total. The minimum absolute atomic E-state index is 0.230. The van der Waals surface area contributed by atoms with Crippen LogP contribution < -0.4 is 4.72 Å². The Hall–Kier alpha value is -3.12. The zero-order valence-corrected chi connectivity index (χ0v) is 14.9. The number of benzene rings is 2. The second-order valence-electron chi connectivity index (χ2n) is 6.06. The number of aromatic nitrogens is 2. The van der Waals surface area contributed by atoms with Gasteiger partial charge in [-0.2, -0.15) is 0 Å². The highest BCUT2D eigenvalue weighted by molar-refractivity contribution is 7.92. The maximum Gasteiger partial charge on any atom is 0.261 e. The van der Waals surface area contributed by atoms with E-state index < -0.39 is 10.0 Å². The van der Waals surface area contributed by atoms with E-state index in [1.165, 1.54) is 0 Å². The van der Waals surface area contributed by atoms with Gasteiger partial charge >= 0.3 is 0 Å². The average molecular weight is 363 g/mol. The third-order valence-electron chi connectivity index (χ3n) is 4.14. The summed E-state index contributed by atoms with van der Waals surface area (Å²) >= 11 is 0. The third-order valence-corrected chi connectivity index (χ3v) is 5.52. The van der Waals surface area contributed by atoms with Gasteiger partial charge in [-0.3, -0.25) is 4.72 Å². The van der Waals surface area contributed by atoms with Crippen LogP contribution in [0.4, 0.5) is 5.69 Å². The van der Waals surface area contributed by atoms with Gasteiger partial charge in [0, 0.05) is 18.0 Å². The molecule has 0 fully saturated rings. The summed E-state index contributed by atoms with van der Waals surface area (Å²) in [6.07, 6.45) is 3.79. The molecule has 130 valence electrons. The van der Waals surface area contributed by atoms with Crippen LogP contribution in [-0.4, -0.2) is 17.8 Å². The predicted molar refractivity (Wildman–Crippen MR) is 103 cm³/mol. The van der Waals surface area contributed by atoms with Crippen molar-refractivity contribution in [2.75, 3.05) is 4.72 Å². The highest BCUT2D eigenvalue weighted by atomic mass is 32.2. The van der Waals surface area contributed by atoms with Crippen LogP contribution in [-0.2, 0) is 10.0 Å². The highest BCUT2D eigenvalue weighted by Crippen LogP contribution is 2.29. The van der Waals surface area contributed by atoms with Crippen molar-refractivity contribution in [2.45, 2.75) is 11.8 Å². The van der Waals surface area contributed by atoms with E-state index >= 15 is 0 Å². The predicted octanol–water partition coefficient (Wildman–Crippen LogP) is 4.11. The molecular weight excluding hydrogens is 346 g/mol. The first kappa shape index (κ1) is 16.4. The van der Waals surface area contributed by atoms with Crippen molar-refractivity contribution in [1.29, 1.82) is 0 Å². The molecule has 0 radical (unpaired) electrons. The van der Waals surface area contributed by atoms with Gasteiger partial charge in [-0.1, -0.05) is 42.0 Å². The second-order valence-corrected chi connectivity index (χ2v) is 7.74. The second kappa shape index (κ2) is 6.31. The Balaban J connectivity index is 1.75. The Kier molecular flexibility index (Phi) is 3.97. The van der Waals surface area contributed by atoms with Crippen molar-refractivity contribution in [3.8, 4) is 11.3 Å². The Labute approximate surface area is 152 Å². The molecule has 2 heterocycles. The van der Waals surface area contributed by atoms with E-state index in [2.05, 4.69) is 9.71 Å². The van der Waals surface area contributed by atoms with E-state index in [4.69, 9.17) is 0 Å². The number of nitrogens with zero attached hydrogens (tertiary/aromatic N) is 2. The van der Waals surface area contributed by atoms with Crippen molar-refractivity contribution in [3.63, 3.8) is 0 Å². The lowest BCUT2D eigenvalue weighted by molar-refractivity contribution is 0.601. The maximum atomic E-state index is 12.7. The molecule has 1 N–H and O–H groups in total. The summed E-state index contributed by atoms with van der Waals surface area (Å²) in [6, 6.07) is 19.8. The van der Waals surface area contributed by atoms with E-state index in [1.54, 1.807) is 36.4 Å². The van der Waals surface area contributed by atoms with Gasteiger partial charge in [0.1, 0.15) is 5.65 Å². The molecule has 0 saturated heterocycles. The monoisotopic (exact) mass is 363 g/mol. The molecule has 2 aromatic heterocycles. The first-order valence-corrected chi connectivity index (χ1v) is 9.64. The van der Waals surface area contributed by atoms with E-state index in [-0.39, 0.29) is 4.90 Å². The topological polar surface area (TPSA) is 63.5 Å². The Morgan fingerprint density at radius 3 is 2.42 bits per heavy atom. The molecule has 4 rings (SSSR count). The summed E-state index contributed by atoms with van der Waals surface area (Å²) in [7, 11) is -3.68. The number of hydrogen-bond acceptors (Lipinski definition) is 3. The molecule has 0 spiro atoms. The van der Waals surface area contributed by atoms with E-state index in [1.807, 2.05) is 54.0 Å². The van der Waals surface area contributed by atoms with Gasteiger partial charge in [0.2, 0.25) is 0 Å². The number of anilines is 1. The van der Waals surface area contributed by atoms with Crippen molar-refractivity contribution in [3.05, 3.63) is 84.7 Å². The molecule has 2 aromatic carbocycles. The first-order valence-electron chi connectivity index (χ1n) is 8.15. The third kappa shape index (κ3) is 3.07. The van der Waals surface area contributed by atoms with Crippen LogP contribution in [0.3, 0.4) is 0 Å². The van der Waals surface area contributed by atoms with Crippen molar-refractivity contribution >= 4 is 21.4 Å². The van der Waals surface area contributed by atoms with Crippen molar-refractivity contribution in [1.82, 2.24) is 9.38 Å². The Bertz CT molecular complexity index is 1150. The summed E-state index contributed by atoms with van der Waals surface area (Å²) in [5.41, 5.74) is 3.74. The zero-order chi connectivity index (χ0) is 18.1. The van der Waals surface area contributed by atoms with Crippen LogP contribution in [0.25, 0.3) is 16.9 Å². The highest BCUT2D eigenvalue weighted by Gasteiger charge is 2.17. The fourth-order valence-electron chi connectivity index (χ4n) is 2.78. The molecule has 0 aliphatic carbocycles. The van der Waals surface area contributed by atoms with Gasteiger partial charge in [-0.25, -0.2) is 13.4 Å². The molecule has 0 saturated carbocycles. The molecule has 0 aliphatic heterocycles. The number of fused-ring (bicyclic) bond motifs is 1. The smallest absolute Gasteiger partial charge is 0.261 e. The SMILES string of the molecule is Cc1ccc(S(=O)(=O)Nc2ccccc2-c2cn3ccccc3n2)cc1. The lowest BCUT2D eigenvalue weighted by atomic mass is 10.1. The van der Waals surface area contributed by atoms with Crippen molar-refractivity contribution in [2.24, 2.45) is 0 Å². The summed E-state index contributed by atoms with van der Waals surface area (Å²) in [6.45, 7) is 1.92. The fraction of sp³-hybridized carbons (Fsp3) is 0.0500. The minimum atomic E-state index is -3.68. The number of aryl methyl sites for hydroxylation is 1. The fourth-order valence-corrected chi connectivity index (χ4v) is 3.86. The largest absolute Gasteiger partial charge is 0.306 e. The molecule has 0 amide bonds. The Morgan fingerprint density at radius 2 is 1.65 bits per heavy atom. The molecule has 0 bridgehead atoms. The summed E-state index contributed by atoms with van der Waals surface area (Å²) in [4.78, 5) is 4.82. The van der Waals surface area contributed by atoms with Crippen LogP contribution >= 0.6 is 0 Å². The van der Waals surface area contributed by atoms with E-state index in [0.717, 1.165) is 16.8 Å². The summed E-state index contributed by atoms with van der Waals surface area (Å²) < 4.78 is 30.1. The maximum absolute atomic E-state index is 12.7.